The number of nitrogens with zero attached hydrogens (tertiary/aromatic N) is 2. The van der Waals surface area contributed by atoms with Crippen molar-refractivity contribution in [3.63, 3.8) is 0 Å². The molecule has 3 rings (SSSR count). The molecule has 94 valence electrons. The third-order valence-corrected chi connectivity index (χ3v) is 3.49. The van der Waals surface area contributed by atoms with Gasteiger partial charge in [-0.25, -0.2) is 0 Å². The second-order valence-electron chi connectivity index (χ2n) is 4.82. The molecule has 0 unspecified atom stereocenters. The van der Waals surface area contributed by atoms with Crippen LogP contribution in [0.25, 0.3) is 11.1 Å². The zero-order chi connectivity index (χ0) is 12.5. The quantitative estimate of drug-likeness (QED) is 0.881. The van der Waals surface area contributed by atoms with Gasteiger partial charge in [-0.15, -0.1) is 0 Å². The van der Waals surface area contributed by atoms with Gasteiger partial charge in [0.2, 0.25) is 5.88 Å². The monoisotopic (exact) mass is 243 g/mol. The van der Waals surface area contributed by atoms with E-state index in [0.717, 1.165) is 24.2 Å². The fourth-order valence-corrected chi connectivity index (χ4v) is 2.55. The molecular weight excluding hydrogens is 226 g/mol. The highest BCUT2D eigenvalue weighted by Crippen LogP contribution is 2.36. The summed E-state index contributed by atoms with van der Waals surface area (Å²) >= 11 is 0. The van der Waals surface area contributed by atoms with E-state index >= 15 is 0 Å². The Hall–Kier alpha value is -1.97. The molecule has 0 radical (unpaired) electrons. The number of anilines is 2. The largest absolute Gasteiger partial charge is 0.371 e. The molecule has 0 amide bonds. The molecule has 1 saturated heterocycles. The van der Waals surface area contributed by atoms with Gasteiger partial charge in [0.25, 0.3) is 0 Å². The van der Waals surface area contributed by atoms with Crippen LogP contribution in [0.15, 0.2) is 28.9 Å². The number of aromatic nitrogens is 1. The molecule has 1 fully saturated rings. The summed E-state index contributed by atoms with van der Waals surface area (Å²) in [7, 11) is 0. The van der Waals surface area contributed by atoms with E-state index in [1.165, 1.54) is 24.1 Å². The van der Waals surface area contributed by atoms with Gasteiger partial charge in [0.1, 0.15) is 0 Å². The van der Waals surface area contributed by atoms with Gasteiger partial charge in [0.05, 0.1) is 11.8 Å². The van der Waals surface area contributed by atoms with Crippen LogP contribution in [0.1, 0.15) is 18.4 Å². The molecule has 2 N–H and O–H groups in total. The number of hydrogen-bond acceptors (Lipinski definition) is 4. The number of aryl methyl sites for hydroxylation is 1. The van der Waals surface area contributed by atoms with E-state index in [-0.39, 0.29) is 0 Å². The van der Waals surface area contributed by atoms with Gasteiger partial charge in [-0.2, -0.15) is 0 Å². The summed E-state index contributed by atoms with van der Waals surface area (Å²) in [5.41, 5.74) is 10.3. The Bertz CT molecular complexity index is 556. The van der Waals surface area contributed by atoms with Gasteiger partial charge in [-0.3, -0.25) is 0 Å². The smallest absolute Gasteiger partial charge is 0.230 e. The molecule has 1 aromatic heterocycles. The molecule has 0 saturated carbocycles. The summed E-state index contributed by atoms with van der Waals surface area (Å²) in [5.74, 6) is 0.390. The minimum Gasteiger partial charge on any atom is -0.371 e. The maximum atomic E-state index is 5.84. The lowest BCUT2D eigenvalue weighted by atomic mass is 10.0. The highest BCUT2D eigenvalue weighted by atomic mass is 16.5. The summed E-state index contributed by atoms with van der Waals surface area (Å²) in [6.45, 7) is 4.31. The van der Waals surface area contributed by atoms with E-state index in [1.54, 1.807) is 6.20 Å². The molecule has 0 atom stereocenters. The van der Waals surface area contributed by atoms with Crippen LogP contribution in [0.3, 0.4) is 0 Å². The average molecular weight is 243 g/mol. The highest BCUT2D eigenvalue weighted by Gasteiger charge is 2.19. The van der Waals surface area contributed by atoms with Crippen LogP contribution in [0.4, 0.5) is 11.6 Å². The molecular formula is C14H17N3O. The van der Waals surface area contributed by atoms with Crippen LogP contribution in [0.2, 0.25) is 0 Å². The van der Waals surface area contributed by atoms with Crippen LogP contribution in [-0.4, -0.2) is 18.2 Å². The summed E-state index contributed by atoms with van der Waals surface area (Å²) in [6, 6.07) is 6.46. The lowest BCUT2D eigenvalue weighted by Gasteiger charge is -2.21. The number of rotatable bonds is 2. The van der Waals surface area contributed by atoms with Crippen molar-refractivity contribution in [3.05, 3.63) is 30.0 Å². The predicted octanol–water partition coefficient (Wildman–Crippen LogP) is 2.83. The molecule has 4 nitrogen and oxygen atoms in total. The Balaban J connectivity index is 2.11. The van der Waals surface area contributed by atoms with Gasteiger partial charge >= 0.3 is 0 Å². The van der Waals surface area contributed by atoms with E-state index in [0.29, 0.717) is 5.88 Å². The van der Waals surface area contributed by atoms with Crippen molar-refractivity contribution in [2.24, 2.45) is 0 Å². The summed E-state index contributed by atoms with van der Waals surface area (Å²) in [4.78, 5) is 2.40. The molecule has 0 aliphatic carbocycles. The first-order chi connectivity index (χ1) is 8.75. The molecule has 0 bridgehead atoms. The maximum Gasteiger partial charge on any atom is 0.230 e. The Labute approximate surface area is 106 Å². The molecule has 1 aromatic carbocycles. The predicted molar refractivity (Wildman–Crippen MR) is 72.5 cm³/mol. The lowest BCUT2D eigenvalue weighted by Crippen LogP contribution is -2.18. The van der Waals surface area contributed by atoms with E-state index in [2.05, 4.69) is 35.2 Å². The molecule has 2 aromatic rings. The third kappa shape index (κ3) is 1.83. The zero-order valence-corrected chi connectivity index (χ0v) is 10.5. The number of nitrogen functional groups attached to an aromatic ring is 1. The van der Waals surface area contributed by atoms with E-state index in [1.807, 2.05) is 0 Å². The van der Waals surface area contributed by atoms with Crippen LogP contribution >= 0.6 is 0 Å². The van der Waals surface area contributed by atoms with Crippen molar-refractivity contribution in [1.82, 2.24) is 5.16 Å². The standard InChI is InChI=1S/C14H17N3O/c1-10-4-5-13(17-6-2-3-7-17)11(8-10)12-9-16-18-14(12)15/h4-5,8-9H,2-3,6-7,15H2,1H3. The highest BCUT2D eigenvalue weighted by molar-refractivity contribution is 5.83. The summed E-state index contributed by atoms with van der Waals surface area (Å²) < 4.78 is 4.99. The molecule has 18 heavy (non-hydrogen) atoms. The summed E-state index contributed by atoms with van der Waals surface area (Å²) in [6.07, 6.45) is 4.21. The van der Waals surface area contributed by atoms with Crippen LogP contribution in [0, 0.1) is 6.92 Å². The number of benzene rings is 1. The Kier molecular flexibility index (Phi) is 2.70. The molecule has 1 aliphatic rings. The van der Waals surface area contributed by atoms with E-state index < -0.39 is 0 Å². The molecule has 1 aliphatic heterocycles. The fourth-order valence-electron chi connectivity index (χ4n) is 2.55. The van der Waals surface area contributed by atoms with Gasteiger partial charge in [0, 0.05) is 24.3 Å². The van der Waals surface area contributed by atoms with Crippen molar-refractivity contribution in [2.75, 3.05) is 23.7 Å². The minimum absolute atomic E-state index is 0.390. The Morgan fingerprint density at radius 3 is 2.67 bits per heavy atom. The first-order valence-electron chi connectivity index (χ1n) is 6.32. The molecule has 4 heteroatoms. The zero-order valence-electron chi connectivity index (χ0n) is 10.5. The van der Waals surface area contributed by atoms with Gasteiger partial charge < -0.3 is 15.2 Å². The second kappa shape index (κ2) is 4.37. The maximum absolute atomic E-state index is 5.84. The van der Waals surface area contributed by atoms with Gasteiger partial charge in [-0.1, -0.05) is 16.8 Å². The van der Waals surface area contributed by atoms with Crippen molar-refractivity contribution >= 4 is 11.6 Å². The molecule has 0 spiro atoms. The summed E-state index contributed by atoms with van der Waals surface area (Å²) in [5, 5.41) is 3.78. The average Bonchev–Trinajstić information content (AvgIpc) is 2.99. The minimum atomic E-state index is 0.390. The third-order valence-electron chi connectivity index (χ3n) is 3.49. The Morgan fingerprint density at radius 1 is 1.22 bits per heavy atom. The van der Waals surface area contributed by atoms with Gasteiger partial charge in [0.15, 0.2) is 0 Å². The Morgan fingerprint density at radius 2 is 2.00 bits per heavy atom. The normalized spacial score (nSPS) is 15.3. The van der Waals surface area contributed by atoms with Crippen LogP contribution in [-0.2, 0) is 0 Å². The van der Waals surface area contributed by atoms with Crippen molar-refractivity contribution in [1.29, 1.82) is 0 Å². The van der Waals surface area contributed by atoms with Crippen molar-refractivity contribution < 1.29 is 4.52 Å². The van der Waals surface area contributed by atoms with Crippen LogP contribution < -0.4 is 10.6 Å². The SMILES string of the molecule is Cc1ccc(N2CCCC2)c(-c2cnoc2N)c1. The van der Waals surface area contributed by atoms with Crippen molar-refractivity contribution in [2.45, 2.75) is 19.8 Å². The van der Waals surface area contributed by atoms with Crippen LogP contribution in [0.5, 0.6) is 0 Å². The second-order valence-corrected chi connectivity index (χ2v) is 4.82. The first-order valence-corrected chi connectivity index (χ1v) is 6.32. The first kappa shape index (κ1) is 11.1. The van der Waals surface area contributed by atoms with Crippen molar-refractivity contribution in [3.8, 4) is 11.1 Å². The van der Waals surface area contributed by atoms with E-state index in [4.69, 9.17) is 10.3 Å². The van der Waals surface area contributed by atoms with E-state index in [9.17, 15) is 0 Å². The number of nitrogens with two attached hydrogens (primary N) is 1. The molecule has 2 heterocycles. The topological polar surface area (TPSA) is 55.3 Å². The van der Waals surface area contributed by atoms with Gasteiger partial charge in [-0.05, 0) is 31.9 Å². The fraction of sp³-hybridized carbons (Fsp3) is 0.357. The number of hydrogen-bond donors (Lipinski definition) is 1. The lowest BCUT2D eigenvalue weighted by molar-refractivity contribution is 0.436.